The van der Waals surface area contributed by atoms with Crippen molar-refractivity contribution in [1.29, 1.82) is 0 Å². The van der Waals surface area contributed by atoms with E-state index >= 15 is 0 Å². The minimum atomic E-state index is 0.424. The molecule has 1 unspecified atom stereocenters. The third-order valence-electron chi connectivity index (χ3n) is 5.43. The average molecular weight is 448 g/mol. The molecule has 0 bridgehead atoms. The normalized spacial score (nSPS) is 15.8. The summed E-state index contributed by atoms with van der Waals surface area (Å²) in [5.41, 5.74) is 2.39. The fraction of sp³-hybridized carbons (Fsp3) is 0.320. The van der Waals surface area contributed by atoms with E-state index in [1.54, 1.807) is 0 Å². The first-order valence-corrected chi connectivity index (χ1v) is 11.4. The monoisotopic (exact) mass is 447 g/mol. The van der Waals surface area contributed by atoms with Gasteiger partial charge in [0.05, 0.1) is 0 Å². The number of benzene rings is 2. The molecule has 2 heterocycles. The molecule has 1 aromatic heterocycles. The zero-order valence-electron chi connectivity index (χ0n) is 18.5. The second kappa shape index (κ2) is 10.4. The molecule has 1 fully saturated rings. The van der Waals surface area contributed by atoms with Crippen LogP contribution in [0.25, 0.3) is 0 Å². The fourth-order valence-corrected chi connectivity index (χ4v) is 3.89. The molecular weight excluding hydrogens is 418 g/mol. The van der Waals surface area contributed by atoms with E-state index in [0.29, 0.717) is 29.4 Å². The van der Waals surface area contributed by atoms with E-state index in [1.165, 1.54) is 12.0 Å². The Morgan fingerprint density at radius 1 is 1.12 bits per heavy atom. The molecule has 2 aromatic carbocycles. The van der Waals surface area contributed by atoms with Gasteiger partial charge in [0.15, 0.2) is 5.11 Å². The Morgan fingerprint density at radius 3 is 2.66 bits per heavy atom. The summed E-state index contributed by atoms with van der Waals surface area (Å²) in [6.07, 6.45) is 2.40. The van der Waals surface area contributed by atoms with Crippen molar-refractivity contribution in [3.8, 4) is 11.6 Å². The molecule has 1 aliphatic heterocycles. The van der Waals surface area contributed by atoms with Gasteiger partial charge in [-0.1, -0.05) is 55.0 Å². The van der Waals surface area contributed by atoms with E-state index in [-0.39, 0.29) is 0 Å². The van der Waals surface area contributed by atoms with Crippen LogP contribution < -0.4 is 20.3 Å². The first kappa shape index (κ1) is 22.0. The lowest BCUT2D eigenvalue weighted by molar-refractivity contribution is 0.440. The first-order valence-electron chi connectivity index (χ1n) is 11.0. The molecule has 2 N–H and O–H groups in total. The van der Waals surface area contributed by atoms with Crippen LogP contribution in [0, 0.1) is 12.8 Å². The maximum atomic E-state index is 6.02. The Bertz CT molecular complexity index is 1040. The van der Waals surface area contributed by atoms with Crippen LogP contribution in [0.5, 0.6) is 11.6 Å². The summed E-state index contributed by atoms with van der Waals surface area (Å²) in [5, 5.41) is 6.83. The van der Waals surface area contributed by atoms with Crippen LogP contribution in [0.4, 0.5) is 11.8 Å². The molecule has 6 nitrogen and oxygen atoms in total. The van der Waals surface area contributed by atoms with E-state index in [4.69, 9.17) is 21.9 Å². The van der Waals surface area contributed by atoms with Gasteiger partial charge in [-0.25, -0.2) is 0 Å². The number of nitrogens with zero attached hydrogens (tertiary/aromatic N) is 3. The SMILES string of the molecule is Cc1ccc(CNC(=S)Nc2nc(Oc3ccccc3)cc(N3CCCC(C)C3)n2)cc1. The van der Waals surface area contributed by atoms with Gasteiger partial charge in [-0.3, -0.25) is 0 Å². The topological polar surface area (TPSA) is 62.3 Å². The van der Waals surface area contributed by atoms with Crippen LogP contribution >= 0.6 is 12.2 Å². The average Bonchev–Trinajstić information content (AvgIpc) is 2.79. The summed E-state index contributed by atoms with van der Waals surface area (Å²) in [6, 6.07) is 19.9. The largest absolute Gasteiger partial charge is 0.439 e. The van der Waals surface area contributed by atoms with E-state index in [0.717, 1.165) is 36.6 Å². The molecule has 0 spiro atoms. The number of para-hydroxylation sites is 1. The van der Waals surface area contributed by atoms with Gasteiger partial charge in [0, 0.05) is 25.7 Å². The molecule has 0 amide bonds. The predicted molar refractivity (Wildman–Crippen MR) is 133 cm³/mol. The van der Waals surface area contributed by atoms with E-state index < -0.39 is 0 Å². The number of ether oxygens (including phenoxy) is 1. The van der Waals surface area contributed by atoms with Crippen LogP contribution in [0.3, 0.4) is 0 Å². The Labute approximate surface area is 195 Å². The Kier molecular flexibility index (Phi) is 7.17. The molecule has 32 heavy (non-hydrogen) atoms. The lowest BCUT2D eigenvalue weighted by Crippen LogP contribution is -2.35. The molecule has 7 heteroatoms. The maximum absolute atomic E-state index is 6.02. The van der Waals surface area contributed by atoms with Gasteiger partial charge in [-0.05, 0) is 55.6 Å². The van der Waals surface area contributed by atoms with Crippen molar-refractivity contribution in [3.63, 3.8) is 0 Å². The molecule has 1 atom stereocenters. The first-order chi connectivity index (χ1) is 15.5. The number of aromatic nitrogens is 2. The Balaban J connectivity index is 1.50. The van der Waals surface area contributed by atoms with E-state index in [2.05, 4.69) is 58.6 Å². The molecular formula is C25H29N5OS. The summed E-state index contributed by atoms with van der Waals surface area (Å²) in [6.45, 7) is 6.92. The number of rotatable bonds is 6. The number of hydrogen-bond acceptors (Lipinski definition) is 5. The predicted octanol–water partition coefficient (Wildman–Crippen LogP) is 5.30. The molecule has 0 aliphatic carbocycles. The second-order valence-corrected chi connectivity index (χ2v) is 8.70. The number of hydrogen-bond donors (Lipinski definition) is 2. The maximum Gasteiger partial charge on any atom is 0.234 e. The number of aryl methyl sites for hydroxylation is 1. The van der Waals surface area contributed by atoms with Gasteiger partial charge >= 0.3 is 0 Å². The number of anilines is 2. The Morgan fingerprint density at radius 2 is 1.91 bits per heavy atom. The smallest absolute Gasteiger partial charge is 0.234 e. The standard InChI is InChI=1S/C25H29N5OS/c1-18-10-12-20(13-11-18)16-26-25(32)29-24-27-22(30-14-6-7-19(2)17-30)15-23(28-24)31-21-8-4-3-5-9-21/h3-5,8-13,15,19H,6-7,14,16-17H2,1-2H3,(H2,26,27,28,29,32). The number of nitrogens with one attached hydrogen (secondary N) is 2. The van der Waals surface area contributed by atoms with Crippen molar-refractivity contribution in [1.82, 2.24) is 15.3 Å². The summed E-state index contributed by atoms with van der Waals surface area (Å²) < 4.78 is 6.02. The zero-order valence-corrected chi connectivity index (χ0v) is 19.4. The van der Waals surface area contributed by atoms with Crippen molar-refractivity contribution in [3.05, 3.63) is 71.8 Å². The van der Waals surface area contributed by atoms with Crippen molar-refractivity contribution >= 4 is 29.1 Å². The molecule has 4 rings (SSSR count). The molecule has 0 saturated carbocycles. The van der Waals surface area contributed by atoms with E-state index in [1.807, 2.05) is 36.4 Å². The van der Waals surface area contributed by atoms with Gasteiger partial charge in [0.2, 0.25) is 11.8 Å². The second-order valence-electron chi connectivity index (χ2n) is 8.29. The van der Waals surface area contributed by atoms with Crippen LogP contribution in [-0.2, 0) is 6.54 Å². The third kappa shape index (κ3) is 6.17. The molecule has 166 valence electrons. The fourth-order valence-electron chi connectivity index (χ4n) is 3.72. The number of piperidine rings is 1. The summed E-state index contributed by atoms with van der Waals surface area (Å²) in [4.78, 5) is 11.6. The quantitative estimate of drug-likeness (QED) is 0.497. The third-order valence-corrected chi connectivity index (χ3v) is 5.68. The minimum absolute atomic E-state index is 0.424. The highest BCUT2D eigenvalue weighted by molar-refractivity contribution is 7.80. The van der Waals surface area contributed by atoms with Gasteiger partial charge < -0.3 is 20.3 Å². The van der Waals surface area contributed by atoms with Gasteiger partial charge in [-0.2, -0.15) is 9.97 Å². The highest BCUT2D eigenvalue weighted by Gasteiger charge is 2.20. The molecule has 1 aliphatic rings. The van der Waals surface area contributed by atoms with Gasteiger partial charge in [0.25, 0.3) is 0 Å². The van der Waals surface area contributed by atoms with Crippen molar-refractivity contribution in [2.24, 2.45) is 5.92 Å². The summed E-state index contributed by atoms with van der Waals surface area (Å²) in [7, 11) is 0. The minimum Gasteiger partial charge on any atom is -0.439 e. The lowest BCUT2D eigenvalue weighted by atomic mass is 10.0. The lowest BCUT2D eigenvalue weighted by Gasteiger charge is -2.32. The van der Waals surface area contributed by atoms with Gasteiger partial charge in [0.1, 0.15) is 11.6 Å². The highest BCUT2D eigenvalue weighted by atomic mass is 32.1. The van der Waals surface area contributed by atoms with Crippen molar-refractivity contribution in [2.45, 2.75) is 33.2 Å². The summed E-state index contributed by atoms with van der Waals surface area (Å²) in [5.74, 6) is 3.12. The van der Waals surface area contributed by atoms with Crippen molar-refractivity contribution < 1.29 is 4.74 Å². The van der Waals surface area contributed by atoms with Crippen LogP contribution in [0.2, 0.25) is 0 Å². The molecule has 1 saturated heterocycles. The number of thiocarbonyl (C=S) groups is 1. The van der Waals surface area contributed by atoms with Gasteiger partial charge in [-0.15, -0.1) is 0 Å². The van der Waals surface area contributed by atoms with E-state index in [9.17, 15) is 0 Å². The Hall–Kier alpha value is -3.19. The van der Waals surface area contributed by atoms with Crippen molar-refractivity contribution in [2.75, 3.05) is 23.3 Å². The molecule has 0 radical (unpaired) electrons. The molecule has 3 aromatic rings. The van der Waals surface area contributed by atoms with Crippen LogP contribution in [-0.4, -0.2) is 28.2 Å². The highest BCUT2D eigenvalue weighted by Crippen LogP contribution is 2.27. The van der Waals surface area contributed by atoms with Crippen LogP contribution in [0.1, 0.15) is 30.9 Å². The zero-order chi connectivity index (χ0) is 22.3. The summed E-state index contributed by atoms with van der Waals surface area (Å²) >= 11 is 5.50. The van der Waals surface area contributed by atoms with Crippen LogP contribution in [0.15, 0.2) is 60.7 Å².